The van der Waals surface area contributed by atoms with Gasteiger partial charge in [0.2, 0.25) is 0 Å². The van der Waals surface area contributed by atoms with Crippen molar-refractivity contribution in [3.8, 4) is 5.69 Å². The minimum Gasteiger partial charge on any atom is -0.465 e. The third kappa shape index (κ3) is 1.75. The van der Waals surface area contributed by atoms with Crippen LogP contribution in [0.3, 0.4) is 0 Å². The van der Waals surface area contributed by atoms with Gasteiger partial charge < -0.3 is 10.5 Å². The summed E-state index contributed by atoms with van der Waals surface area (Å²) in [5.41, 5.74) is 7.52. The lowest BCUT2D eigenvalue weighted by Gasteiger charge is -2.03. The summed E-state index contributed by atoms with van der Waals surface area (Å²) in [6.07, 6.45) is 3.02. The van der Waals surface area contributed by atoms with Gasteiger partial charge in [-0.05, 0) is 12.1 Å². The number of aromatic nitrogens is 2. The Labute approximate surface area is 92.4 Å². The van der Waals surface area contributed by atoms with E-state index >= 15 is 0 Å². The molecule has 0 fully saturated rings. The monoisotopic (exact) mass is 217 g/mol. The average Bonchev–Trinajstić information content (AvgIpc) is 2.78. The van der Waals surface area contributed by atoms with Crippen molar-refractivity contribution in [1.29, 1.82) is 0 Å². The molecule has 2 N–H and O–H groups in total. The number of carbonyl (C=O) groups is 1. The number of carbonyl (C=O) groups excluding carboxylic acids is 1. The van der Waals surface area contributed by atoms with Gasteiger partial charge in [-0.1, -0.05) is 12.1 Å². The van der Waals surface area contributed by atoms with Crippen molar-refractivity contribution < 1.29 is 9.53 Å². The van der Waals surface area contributed by atoms with Gasteiger partial charge in [0.25, 0.3) is 0 Å². The second kappa shape index (κ2) is 4.06. The predicted molar refractivity (Wildman–Crippen MR) is 59.3 cm³/mol. The molecule has 2 rings (SSSR count). The largest absolute Gasteiger partial charge is 0.465 e. The minimum atomic E-state index is -0.416. The highest BCUT2D eigenvalue weighted by atomic mass is 16.5. The molecule has 1 aromatic heterocycles. The molecule has 5 heteroatoms. The number of nitrogen functional groups attached to an aromatic ring is 1. The van der Waals surface area contributed by atoms with Crippen molar-refractivity contribution in [3.05, 3.63) is 42.2 Å². The van der Waals surface area contributed by atoms with Gasteiger partial charge >= 0.3 is 5.97 Å². The fourth-order valence-electron chi connectivity index (χ4n) is 1.37. The zero-order valence-corrected chi connectivity index (χ0v) is 8.75. The summed E-state index contributed by atoms with van der Waals surface area (Å²) in [4.78, 5) is 11.2. The molecule has 1 aromatic carbocycles. The fraction of sp³-hybridized carbons (Fsp3) is 0.0909. The number of hydrogen-bond acceptors (Lipinski definition) is 4. The van der Waals surface area contributed by atoms with Crippen LogP contribution in [-0.4, -0.2) is 22.9 Å². The van der Waals surface area contributed by atoms with Gasteiger partial charge in [-0.3, -0.25) is 0 Å². The summed E-state index contributed by atoms with van der Waals surface area (Å²) in [5, 5.41) is 4.05. The van der Waals surface area contributed by atoms with Crippen LogP contribution < -0.4 is 5.73 Å². The average molecular weight is 217 g/mol. The predicted octanol–water partition coefficient (Wildman–Crippen LogP) is 1.24. The summed E-state index contributed by atoms with van der Waals surface area (Å²) >= 11 is 0. The Morgan fingerprint density at radius 3 is 2.88 bits per heavy atom. The third-order valence-electron chi connectivity index (χ3n) is 2.19. The number of hydrogen-bond donors (Lipinski definition) is 1. The van der Waals surface area contributed by atoms with E-state index in [1.165, 1.54) is 13.3 Å². The highest BCUT2D eigenvalue weighted by Crippen LogP contribution is 2.16. The van der Waals surface area contributed by atoms with Crippen LogP contribution in [-0.2, 0) is 4.74 Å². The molecule has 0 aliphatic rings. The van der Waals surface area contributed by atoms with Gasteiger partial charge in [0, 0.05) is 6.20 Å². The smallest absolute Gasteiger partial charge is 0.341 e. The van der Waals surface area contributed by atoms with Gasteiger partial charge in [0.05, 0.1) is 30.2 Å². The fourth-order valence-corrected chi connectivity index (χ4v) is 1.37. The van der Waals surface area contributed by atoms with Gasteiger partial charge in [0.1, 0.15) is 0 Å². The summed E-state index contributed by atoms with van der Waals surface area (Å²) < 4.78 is 6.14. The van der Waals surface area contributed by atoms with Crippen LogP contribution in [0.25, 0.3) is 5.69 Å². The molecule has 82 valence electrons. The number of anilines is 1. The SMILES string of the molecule is COC(=O)c1cnn(-c2ccccc2N)c1. The number of benzene rings is 1. The lowest BCUT2D eigenvalue weighted by atomic mass is 10.3. The van der Waals surface area contributed by atoms with E-state index in [2.05, 4.69) is 9.84 Å². The van der Waals surface area contributed by atoms with Crippen LogP contribution in [0.5, 0.6) is 0 Å². The Bertz CT molecular complexity index is 519. The van der Waals surface area contributed by atoms with Gasteiger partial charge in [-0.15, -0.1) is 0 Å². The normalized spacial score (nSPS) is 10.1. The van der Waals surface area contributed by atoms with Gasteiger partial charge in [-0.25, -0.2) is 9.48 Å². The molecule has 1 heterocycles. The van der Waals surface area contributed by atoms with E-state index in [0.29, 0.717) is 11.3 Å². The van der Waals surface area contributed by atoms with Crippen molar-refractivity contribution in [2.24, 2.45) is 0 Å². The van der Waals surface area contributed by atoms with E-state index in [-0.39, 0.29) is 0 Å². The van der Waals surface area contributed by atoms with Gasteiger partial charge in [-0.2, -0.15) is 5.10 Å². The summed E-state index contributed by atoms with van der Waals surface area (Å²) in [5.74, 6) is -0.416. The van der Waals surface area contributed by atoms with Crippen LogP contribution in [0.1, 0.15) is 10.4 Å². The van der Waals surface area contributed by atoms with E-state index in [0.717, 1.165) is 5.69 Å². The van der Waals surface area contributed by atoms with Crippen LogP contribution in [0.2, 0.25) is 0 Å². The maximum atomic E-state index is 11.2. The summed E-state index contributed by atoms with van der Waals surface area (Å²) in [6, 6.07) is 7.28. The van der Waals surface area contributed by atoms with E-state index < -0.39 is 5.97 Å². The highest BCUT2D eigenvalue weighted by molar-refractivity contribution is 5.88. The molecule has 0 saturated carbocycles. The molecule has 0 spiro atoms. The molecular formula is C11H11N3O2. The van der Waals surface area contributed by atoms with Crippen LogP contribution in [0, 0.1) is 0 Å². The number of methoxy groups -OCH3 is 1. The van der Waals surface area contributed by atoms with Crippen molar-refractivity contribution in [2.75, 3.05) is 12.8 Å². The third-order valence-corrected chi connectivity index (χ3v) is 2.19. The highest BCUT2D eigenvalue weighted by Gasteiger charge is 2.09. The minimum absolute atomic E-state index is 0.394. The molecule has 0 unspecified atom stereocenters. The molecule has 0 radical (unpaired) electrons. The number of esters is 1. The number of ether oxygens (including phenoxy) is 1. The topological polar surface area (TPSA) is 70.1 Å². The van der Waals surface area contributed by atoms with E-state index in [1.54, 1.807) is 16.9 Å². The van der Waals surface area contributed by atoms with E-state index in [9.17, 15) is 4.79 Å². The summed E-state index contributed by atoms with van der Waals surface area (Å²) in [6.45, 7) is 0. The molecule has 0 saturated heterocycles. The second-order valence-electron chi connectivity index (χ2n) is 3.22. The molecule has 0 amide bonds. The number of nitrogens with two attached hydrogens (primary N) is 1. The molecular weight excluding hydrogens is 206 g/mol. The Balaban J connectivity index is 2.39. The zero-order valence-electron chi connectivity index (χ0n) is 8.75. The molecule has 2 aromatic rings. The quantitative estimate of drug-likeness (QED) is 0.607. The first kappa shape index (κ1) is 10.2. The molecule has 0 bridgehead atoms. The number of rotatable bonds is 2. The first-order valence-corrected chi connectivity index (χ1v) is 4.70. The van der Waals surface area contributed by atoms with Crippen LogP contribution in [0.4, 0.5) is 5.69 Å². The van der Waals surface area contributed by atoms with E-state index in [4.69, 9.17) is 5.73 Å². The van der Waals surface area contributed by atoms with Crippen molar-refractivity contribution in [1.82, 2.24) is 9.78 Å². The molecule has 0 atom stereocenters. The van der Waals surface area contributed by atoms with Crippen molar-refractivity contribution >= 4 is 11.7 Å². The lowest BCUT2D eigenvalue weighted by Crippen LogP contribution is -2.01. The second-order valence-corrected chi connectivity index (χ2v) is 3.22. The lowest BCUT2D eigenvalue weighted by molar-refractivity contribution is 0.0600. The first-order chi connectivity index (χ1) is 7.72. The van der Waals surface area contributed by atoms with Crippen LogP contribution >= 0.6 is 0 Å². The Kier molecular flexibility index (Phi) is 2.59. The summed E-state index contributed by atoms with van der Waals surface area (Å²) in [7, 11) is 1.33. The molecule has 0 aliphatic heterocycles. The Hall–Kier alpha value is -2.30. The first-order valence-electron chi connectivity index (χ1n) is 4.70. The number of para-hydroxylation sites is 2. The number of nitrogens with zero attached hydrogens (tertiary/aromatic N) is 2. The maximum Gasteiger partial charge on any atom is 0.341 e. The maximum absolute atomic E-state index is 11.2. The molecule has 0 aliphatic carbocycles. The van der Waals surface area contributed by atoms with Gasteiger partial charge in [0.15, 0.2) is 0 Å². The zero-order chi connectivity index (χ0) is 11.5. The Morgan fingerprint density at radius 2 is 2.19 bits per heavy atom. The molecule has 5 nitrogen and oxygen atoms in total. The Morgan fingerprint density at radius 1 is 1.44 bits per heavy atom. The van der Waals surface area contributed by atoms with E-state index in [1.807, 2.05) is 18.2 Å². The molecule has 16 heavy (non-hydrogen) atoms. The van der Waals surface area contributed by atoms with Crippen LogP contribution in [0.15, 0.2) is 36.7 Å². The van der Waals surface area contributed by atoms with Crippen molar-refractivity contribution in [2.45, 2.75) is 0 Å². The van der Waals surface area contributed by atoms with Crippen molar-refractivity contribution in [3.63, 3.8) is 0 Å². The standard InChI is InChI=1S/C11H11N3O2/c1-16-11(15)8-6-13-14(7-8)10-5-3-2-4-9(10)12/h2-7H,12H2,1H3.